The minimum Gasteiger partial charge on any atom is -0.480 e. The lowest BCUT2D eigenvalue weighted by Gasteiger charge is -2.46. The molecule has 5 heterocycles. The summed E-state index contributed by atoms with van der Waals surface area (Å²) >= 11 is 12.7. The molecule has 2 unspecified atom stereocenters. The fourth-order valence-electron chi connectivity index (χ4n) is 7.33. The van der Waals surface area contributed by atoms with Gasteiger partial charge in [-0.2, -0.15) is 0 Å². The minimum atomic E-state index is -0.929. The Balaban J connectivity index is 1.02. The van der Waals surface area contributed by atoms with E-state index in [-0.39, 0.29) is 23.3 Å². The molecule has 3 saturated heterocycles. The zero-order chi connectivity index (χ0) is 31.5. The molecule has 2 radical (unpaired) electrons. The molecule has 0 saturated carbocycles. The van der Waals surface area contributed by atoms with Gasteiger partial charge in [-0.1, -0.05) is 47.4 Å². The highest BCUT2D eigenvalue weighted by Crippen LogP contribution is 2.46. The van der Waals surface area contributed by atoms with Crippen LogP contribution in [0.5, 0.6) is 5.75 Å². The fourth-order valence-corrected chi connectivity index (χ4v) is 9.42. The number of carboxylic acids is 1. The average molecular weight is 677 g/mol. The van der Waals surface area contributed by atoms with Gasteiger partial charge in [0.25, 0.3) is 0 Å². The Morgan fingerprint density at radius 2 is 1.89 bits per heavy atom. The van der Waals surface area contributed by atoms with Crippen LogP contribution in [0.1, 0.15) is 69.8 Å². The van der Waals surface area contributed by atoms with Crippen molar-refractivity contribution in [1.29, 1.82) is 0 Å². The smallest absolute Gasteiger partial charge is 0.335 e. The van der Waals surface area contributed by atoms with Gasteiger partial charge >= 0.3 is 5.97 Å². The van der Waals surface area contributed by atoms with Crippen molar-refractivity contribution in [2.45, 2.75) is 55.6 Å². The zero-order valence-corrected chi connectivity index (χ0v) is 27.5. The van der Waals surface area contributed by atoms with Gasteiger partial charge < -0.3 is 19.1 Å². The van der Waals surface area contributed by atoms with Gasteiger partial charge in [-0.25, -0.2) is 14.2 Å². The fraction of sp³-hybridized carbons (Fsp3) is 0.371. The first-order chi connectivity index (χ1) is 22.3. The van der Waals surface area contributed by atoms with Crippen LogP contribution in [0.3, 0.4) is 0 Å². The van der Waals surface area contributed by atoms with Crippen molar-refractivity contribution in [2.75, 3.05) is 19.7 Å². The summed E-state index contributed by atoms with van der Waals surface area (Å²) in [6, 6.07) is 17.1. The molecule has 0 amide bonds. The number of piperidine rings is 1. The number of benzene rings is 3. The van der Waals surface area contributed by atoms with E-state index in [1.54, 1.807) is 30.3 Å². The Morgan fingerprint density at radius 1 is 1.07 bits per heavy atom. The van der Waals surface area contributed by atoms with Crippen LogP contribution >= 0.6 is 23.2 Å². The largest absolute Gasteiger partial charge is 0.480 e. The average Bonchev–Trinajstić information content (AvgIpc) is 3.34. The first-order valence-electron chi connectivity index (χ1n) is 15.8. The lowest BCUT2D eigenvalue weighted by atomic mass is 9.87. The second-order valence-electron chi connectivity index (χ2n) is 12.6. The van der Waals surface area contributed by atoms with Crippen molar-refractivity contribution in [3.05, 3.63) is 99.6 Å². The van der Waals surface area contributed by atoms with E-state index < -0.39 is 17.9 Å². The summed E-state index contributed by atoms with van der Waals surface area (Å²) in [6.45, 7) is 3.26. The van der Waals surface area contributed by atoms with Crippen LogP contribution in [-0.2, 0) is 11.3 Å². The quantitative estimate of drug-likeness (QED) is 0.203. The predicted molar refractivity (Wildman–Crippen MR) is 176 cm³/mol. The normalized spacial score (nSPS) is 24.9. The maximum atomic E-state index is 14.8. The molecule has 4 aliphatic heterocycles. The van der Waals surface area contributed by atoms with Crippen LogP contribution in [0, 0.1) is 11.7 Å². The molecule has 3 aromatic carbocycles. The molecule has 8 rings (SSSR count). The molecular weight excluding hydrogens is 644 g/mol. The van der Waals surface area contributed by atoms with Gasteiger partial charge in [0.15, 0.2) is 0 Å². The third kappa shape index (κ3) is 5.36. The van der Waals surface area contributed by atoms with Crippen LogP contribution in [0.15, 0.2) is 60.7 Å². The highest BCUT2D eigenvalue weighted by molar-refractivity contribution is 6.49. The van der Waals surface area contributed by atoms with E-state index in [1.165, 1.54) is 6.07 Å². The van der Waals surface area contributed by atoms with E-state index in [2.05, 4.69) is 15.5 Å². The number of rotatable bonds is 7. The number of aromatic nitrogens is 2. The number of nitrogens with zero attached hydrogens (tertiary/aromatic N) is 3. The Bertz CT molecular complexity index is 1870. The molecule has 7 nitrogen and oxygen atoms in total. The van der Waals surface area contributed by atoms with Gasteiger partial charge in [-0.15, -0.1) is 0 Å². The summed E-state index contributed by atoms with van der Waals surface area (Å²) in [4.78, 5) is 19.3. The predicted octanol–water partition coefficient (Wildman–Crippen LogP) is 7.66. The number of ether oxygens (including phenoxy) is 2. The Kier molecular flexibility index (Phi) is 7.93. The second-order valence-corrected chi connectivity index (χ2v) is 14.9. The van der Waals surface area contributed by atoms with E-state index in [9.17, 15) is 14.3 Å². The van der Waals surface area contributed by atoms with E-state index in [0.29, 0.717) is 28.1 Å². The van der Waals surface area contributed by atoms with E-state index >= 15 is 0 Å². The van der Waals surface area contributed by atoms with Crippen LogP contribution < -0.4 is 4.74 Å². The Labute approximate surface area is 278 Å². The SMILES string of the molecule is O=C(O)c1ccc2nc(CN3CCC(c4cccc5c4OC(c4ccc(Cl)cc4F)C=C5Cl)CC3)n(C3[Si]C[C@H]3[C@@H]3CCO3)c2c1. The molecule has 0 aliphatic carbocycles. The summed E-state index contributed by atoms with van der Waals surface area (Å²) in [5.74, 6) is 1.06. The van der Waals surface area contributed by atoms with Crippen molar-refractivity contribution in [3.8, 4) is 5.75 Å². The van der Waals surface area contributed by atoms with Crippen molar-refractivity contribution < 1.29 is 23.8 Å². The van der Waals surface area contributed by atoms with E-state index in [1.807, 2.05) is 18.2 Å². The maximum absolute atomic E-state index is 14.8. The van der Waals surface area contributed by atoms with Crippen LogP contribution in [0.4, 0.5) is 4.39 Å². The minimum absolute atomic E-state index is 0.259. The van der Waals surface area contributed by atoms with Crippen molar-refractivity contribution >= 4 is 54.8 Å². The number of carboxylic acid groups (broad SMARTS) is 1. The maximum Gasteiger partial charge on any atom is 0.335 e. The summed E-state index contributed by atoms with van der Waals surface area (Å²) < 4.78 is 29.5. The summed E-state index contributed by atoms with van der Waals surface area (Å²) in [5, 5.41) is 10.6. The number of fused-ring (bicyclic) bond motifs is 2. The van der Waals surface area contributed by atoms with E-state index in [0.717, 1.165) is 88.3 Å². The molecule has 3 fully saturated rings. The highest BCUT2D eigenvalue weighted by atomic mass is 35.5. The van der Waals surface area contributed by atoms with Crippen LogP contribution in [0.25, 0.3) is 16.1 Å². The standard InChI is InChI=1S/C35H32Cl2FN3O4Si/c36-21-5-6-24(27(38)15-21)31-16-26(37)23-3-1-2-22(33(23)45-31)19-8-11-40(12-9-19)17-32-39-28-7-4-20(35(42)43)14-29(28)41(32)34-25(18-46-34)30-10-13-44-30/h1-7,14-16,19,25,30-31,34H,8-13,17-18H2,(H,42,43)/t25-,30-,31?,34?/m0/s1. The molecule has 1 N–H and O–H groups in total. The van der Waals surface area contributed by atoms with Gasteiger partial charge in [0, 0.05) is 34.3 Å². The molecule has 236 valence electrons. The van der Waals surface area contributed by atoms with Crippen molar-refractivity contribution in [3.63, 3.8) is 0 Å². The van der Waals surface area contributed by atoms with Gasteiger partial charge in [0.05, 0.1) is 43.8 Å². The third-order valence-corrected chi connectivity index (χ3v) is 12.4. The molecule has 11 heteroatoms. The van der Waals surface area contributed by atoms with Crippen molar-refractivity contribution in [2.24, 2.45) is 5.92 Å². The third-order valence-electron chi connectivity index (χ3n) is 9.97. The number of aromatic carboxylic acids is 1. The molecule has 4 atom stereocenters. The molecule has 0 bridgehead atoms. The van der Waals surface area contributed by atoms with Gasteiger partial charge in [-0.3, -0.25) is 4.90 Å². The number of hydrogen-bond acceptors (Lipinski definition) is 5. The zero-order valence-electron chi connectivity index (χ0n) is 25.0. The number of halogens is 3. The number of para-hydroxylation sites is 1. The molecule has 0 spiro atoms. The second kappa shape index (κ2) is 12.1. The molecule has 1 aromatic heterocycles. The lowest BCUT2D eigenvalue weighted by molar-refractivity contribution is -0.0906. The first-order valence-corrected chi connectivity index (χ1v) is 17.8. The number of carbonyl (C=O) groups is 1. The van der Waals surface area contributed by atoms with Gasteiger partial charge in [0.1, 0.15) is 23.5 Å². The summed E-state index contributed by atoms with van der Waals surface area (Å²) in [7, 11) is 0.761. The highest BCUT2D eigenvalue weighted by Gasteiger charge is 2.43. The van der Waals surface area contributed by atoms with Crippen molar-refractivity contribution in [1.82, 2.24) is 14.5 Å². The number of hydrogen-bond donors (Lipinski definition) is 1. The van der Waals surface area contributed by atoms with Crippen LogP contribution in [-0.4, -0.2) is 60.8 Å². The van der Waals surface area contributed by atoms with Crippen LogP contribution in [0.2, 0.25) is 11.1 Å². The lowest BCUT2D eigenvalue weighted by Crippen LogP contribution is -2.48. The topological polar surface area (TPSA) is 76.8 Å². The van der Waals surface area contributed by atoms with Gasteiger partial charge in [-0.05, 0) is 86.3 Å². The molecule has 4 aromatic rings. The molecular formula is C35H32Cl2FN3O4Si. The van der Waals surface area contributed by atoms with E-state index in [4.69, 9.17) is 37.7 Å². The Hall–Kier alpha value is -3.21. The molecule has 4 aliphatic rings. The number of likely N-dealkylation sites (tertiary alicyclic amines) is 1. The molecule has 46 heavy (non-hydrogen) atoms. The summed E-state index contributed by atoms with van der Waals surface area (Å²) in [5.41, 5.74) is 4.62. The summed E-state index contributed by atoms with van der Waals surface area (Å²) in [6.07, 6.45) is 4.33. The number of imidazole rings is 1. The monoisotopic (exact) mass is 675 g/mol. The van der Waals surface area contributed by atoms with Gasteiger partial charge in [0.2, 0.25) is 0 Å². The first kappa shape index (κ1) is 30.1. The Morgan fingerprint density at radius 3 is 2.59 bits per heavy atom.